The Morgan fingerprint density at radius 2 is 1.37 bits per heavy atom. The van der Waals surface area contributed by atoms with Crippen molar-refractivity contribution in [2.75, 3.05) is 18.1 Å². The Hall–Kier alpha value is -1.96. The van der Waals surface area contributed by atoms with E-state index in [4.69, 9.17) is 5.73 Å². The zero-order valence-corrected chi connectivity index (χ0v) is 12.1. The van der Waals surface area contributed by atoms with Crippen LogP contribution in [0.25, 0.3) is 0 Å². The van der Waals surface area contributed by atoms with Crippen LogP contribution in [0.5, 0.6) is 0 Å². The number of nitrogens with two attached hydrogens (primary N) is 1. The molecule has 0 aliphatic rings. The molecule has 102 valence electrons. The van der Waals surface area contributed by atoms with E-state index in [2.05, 4.69) is 37.4 Å². The first-order valence-corrected chi connectivity index (χ1v) is 6.81. The van der Waals surface area contributed by atoms with Gasteiger partial charge in [-0.3, -0.25) is 0 Å². The second-order valence-electron chi connectivity index (χ2n) is 4.31. The molecule has 2 heteroatoms. The molecule has 2 rings (SSSR count). The fourth-order valence-corrected chi connectivity index (χ4v) is 1.89. The fourth-order valence-electron chi connectivity index (χ4n) is 1.89. The minimum absolute atomic E-state index is 0.984. The van der Waals surface area contributed by atoms with Crippen LogP contribution in [-0.4, -0.2) is 7.05 Å². The summed E-state index contributed by atoms with van der Waals surface area (Å²) in [6.45, 7) is 4.26. The first-order valence-electron chi connectivity index (χ1n) is 6.81. The van der Waals surface area contributed by atoms with Crippen LogP contribution in [0.2, 0.25) is 0 Å². The molecule has 19 heavy (non-hydrogen) atoms. The van der Waals surface area contributed by atoms with Gasteiger partial charge in [0.1, 0.15) is 0 Å². The molecule has 0 fully saturated rings. The molecular weight excluding hydrogens is 232 g/mol. The Labute approximate surface area is 116 Å². The molecule has 0 amide bonds. The quantitative estimate of drug-likeness (QED) is 0.811. The predicted molar refractivity (Wildman–Crippen MR) is 85.6 cm³/mol. The van der Waals surface area contributed by atoms with Gasteiger partial charge in [-0.25, -0.2) is 0 Å². The zero-order chi connectivity index (χ0) is 14.1. The van der Waals surface area contributed by atoms with Crippen molar-refractivity contribution in [2.45, 2.75) is 26.7 Å². The van der Waals surface area contributed by atoms with E-state index in [0.717, 1.165) is 24.2 Å². The van der Waals surface area contributed by atoms with Crippen LogP contribution in [0, 0.1) is 0 Å². The first-order chi connectivity index (χ1) is 9.22. The Morgan fingerprint density at radius 3 is 1.74 bits per heavy atom. The highest BCUT2D eigenvalue weighted by molar-refractivity contribution is 5.53. The summed E-state index contributed by atoms with van der Waals surface area (Å²) < 4.78 is 0. The van der Waals surface area contributed by atoms with Crippen molar-refractivity contribution in [3.05, 3.63) is 59.7 Å². The molecule has 0 aromatic heterocycles. The van der Waals surface area contributed by atoms with Crippen LogP contribution in [0.15, 0.2) is 48.5 Å². The van der Waals surface area contributed by atoms with Crippen molar-refractivity contribution >= 4 is 11.4 Å². The SMILES string of the molecule is CCc1cccc(CC)c1N.CNc1ccccc1. The standard InChI is InChI=1S/C10H15N.C7H9N/c1-3-8-6-5-7-9(4-2)10(8)11;1-8-7-5-3-2-4-6-7/h5-7H,3-4,11H2,1-2H3;2-6,8H,1H3. The second-order valence-corrected chi connectivity index (χ2v) is 4.31. The topological polar surface area (TPSA) is 38.0 Å². The Bertz CT molecular complexity index is 456. The largest absolute Gasteiger partial charge is 0.398 e. The van der Waals surface area contributed by atoms with E-state index in [1.54, 1.807) is 0 Å². The Morgan fingerprint density at radius 1 is 0.842 bits per heavy atom. The Kier molecular flexibility index (Phi) is 6.51. The van der Waals surface area contributed by atoms with Crippen molar-refractivity contribution in [1.29, 1.82) is 0 Å². The van der Waals surface area contributed by atoms with E-state index in [9.17, 15) is 0 Å². The van der Waals surface area contributed by atoms with Gasteiger partial charge in [0.05, 0.1) is 0 Å². The van der Waals surface area contributed by atoms with Gasteiger partial charge in [-0.05, 0) is 36.1 Å². The normalized spacial score (nSPS) is 9.42. The third-order valence-electron chi connectivity index (χ3n) is 3.11. The molecule has 0 saturated carbocycles. The summed E-state index contributed by atoms with van der Waals surface area (Å²) in [5.74, 6) is 0. The van der Waals surface area contributed by atoms with Crippen LogP contribution in [-0.2, 0) is 12.8 Å². The lowest BCUT2D eigenvalue weighted by Gasteiger charge is -2.06. The molecule has 2 aromatic rings. The molecule has 0 heterocycles. The molecule has 0 radical (unpaired) electrons. The van der Waals surface area contributed by atoms with E-state index >= 15 is 0 Å². The van der Waals surface area contributed by atoms with Gasteiger partial charge in [0, 0.05) is 18.4 Å². The van der Waals surface area contributed by atoms with Crippen LogP contribution in [0.4, 0.5) is 11.4 Å². The summed E-state index contributed by atoms with van der Waals surface area (Å²) in [5.41, 5.74) is 10.6. The maximum Gasteiger partial charge on any atom is 0.0378 e. The molecule has 3 N–H and O–H groups in total. The molecule has 0 atom stereocenters. The summed E-state index contributed by atoms with van der Waals surface area (Å²) >= 11 is 0. The number of para-hydroxylation sites is 2. The lowest BCUT2D eigenvalue weighted by molar-refractivity contribution is 1.09. The summed E-state index contributed by atoms with van der Waals surface area (Å²) in [7, 11) is 1.91. The Balaban J connectivity index is 0.000000200. The van der Waals surface area contributed by atoms with Crippen LogP contribution < -0.4 is 11.1 Å². The van der Waals surface area contributed by atoms with E-state index < -0.39 is 0 Å². The van der Waals surface area contributed by atoms with Gasteiger partial charge >= 0.3 is 0 Å². The van der Waals surface area contributed by atoms with Gasteiger partial charge < -0.3 is 11.1 Å². The number of nitrogen functional groups attached to an aromatic ring is 1. The van der Waals surface area contributed by atoms with Crippen molar-refractivity contribution < 1.29 is 0 Å². The number of hydrogen-bond donors (Lipinski definition) is 2. The van der Waals surface area contributed by atoms with Crippen LogP contribution >= 0.6 is 0 Å². The van der Waals surface area contributed by atoms with Gasteiger partial charge in [-0.15, -0.1) is 0 Å². The van der Waals surface area contributed by atoms with E-state index in [-0.39, 0.29) is 0 Å². The van der Waals surface area contributed by atoms with Crippen LogP contribution in [0.3, 0.4) is 0 Å². The maximum atomic E-state index is 5.90. The van der Waals surface area contributed by atoms with Gasteiger partial charge in [0.25, 0.3) is 0 Å². The lowest BCUT2D eigenvalue weighted by atomic mass is 10.0. The van der Waals surface area contributed by atoms with Gasteiger partial charge in [-0.2, -0.15) is 0 Å². The molecule has 0 spiro atoms. The zero-order valence-electron chi connectivity index (χ0n) is 12.1. The second kappa shape index (κ2) is 8.20. The minimum atomic E-state index is 0.984. The van der Waals surface area contributed by atoms with E-state index in [0.29, 0.717) is 0 Å². The summed E-state index contributed by atoms with van der Waals surface area (Å²) in [5, 5.41) is 3.03. The fraction of sp³-hybridized carbons (Fsp3) is 0.294. The molecule has 0 bridgehead atoms. The monoisotopic (exact) mass is 256 g/mol. The van der Waals surface area contributed by atoms with Gasteiger partial charge in [0.2, 0.25) is 0 Å². The number of benzene rings is 2. The van der Waals surface area contributed by atoms with Crippen molar-refractivity contribution in [3.63, 3.8) is 0 Å². The molecule has 0 aliphatic carbocycles. The van der Waals surface area contributed by atoms with Crippen molar-refractivity contribution in [2.24, 2.45) is 0 Å². The summed E-state index contributed by atoms with van der Waals surface area (Å²) in [6.07, 6.45) is 2.05. The lowest BCUT2D eigenvalue weighted by Crippen LogP contribution is -1.97. The summed E-state index contributed by atoms with van der Waals surface area (Å²) in [4.78, 5) is 0. The molecular formula is C17H24N2. The number of rotatable bonds is 3. The van der Waals surface area contributed by atoms with Gasteiger partial charge in [0.15, 0.2) is 0 Å². The smallest absolute Gasteiger partial charge is 0.0378 e. The van der Waals surface area contributed by atoms with Crippen molar-refractivity contribution in [1.82, 2.24) is 0 Å². The van der Waals surface area contributed by atoms with Gasteiger partial charge in [-0.1, -0.05) is 50.2 Å². The summed E-state index contributed by atoms with van der Waals surface area (Å²) in [6, 6.07) is 16.3. The first kappa shape index (κ1) is 15.1. The number of aryl methyl sites for hydroxylation is 2. The maximum absolute atomic E-state index is 5.90. The molecule has 2 nitrogen and oxygen atoms in total. The third-order valence-corrected chi connectivity index (χ3v) is 3.11. The predicted octanol–water partition coefficient (Wildman–Crippen LogP) is 4.12. The third kappa shape index (κ3) is 4.66. The molecule has 0 aliphatic heterocycles. The number of hydrogen-bond acceptors (Lipinski definition) is 2. The van der Waals surface area contributed by atoms with E-state index in [1.807, 2.05) is 37.4 Å². The molecule has 0 saturated heterocycles. The molecule has 2 aromatic carbocycles. The number of nitrogens with one attached hydrogen (secondary N) is 1. The molecule has 0 unspecified atom stereocenters. The highest BCUT2D eigenvalue weighted by Gasteiger charge is 1.99. The van der Waals surface area contributed by atoms with E-state index in [1.165, 1.54) is 11.1 Å². The highest BCUT2D eigenvalue weighted by atomic mass is 14.8. The highest BCUT2D eigenvalue weighted by Crippen LogP contribution is 2.17. The average molecular weight is 256 g/mol. The average Bonchev–Trinajstić information content (AvgIpc) is 2.49. The minimum Gasteiger partial charge on any atom is -0.398 e. The van der Waals surface area contributed by atoms with Crippen molar-refractivity contribution in [3.8, 4) is 0 Å². The number of anilines is 2. The van der Waals surface area contributed by atoms with Crippen LogP contribution in [0.1, 0.15) is 25.0 Å².